The Hall–Kier alpha value is -4.60. The summed E-state index contributed by atoms with van der Waals surface area (Å²) in [5.41, 5.74) is 2.37. The molecule has 0 aromatic heterocycles. The third-order valence-corrected chi connectivity index (χ3v) is 7.60. The lowest BCUT2D eigenvalue weighted by molar-refractivity contribution is -0.312. The monoisotopic (exact) mass is 701 g/mol. The van der Waals surface area contributed by atoms with Crippen LogP contribution in [0, 0.1) is 12.3 Å². The van der Waals surface area contributed by atoms with Crippen molar-refractivity contribution in [3.8, 4) is 29.2 Å². The molecule has 0 spiro atoms. The Labute approximate surface area is 288 Å². The minimum absolute atomic E-state index is 0.0762. The van der Waals surface area contributed by atoms with E-state index in [2.05, 4.69) is 21.9 Å². The molecule has 0 radical (unpaired) electrons. The highest BCUT2D eigenvalue weighted by Crippen LogP contribution is 2.33. The molecule has 3 rings (SSSR count). The first-order valence-electron chi connectivity index (χ1n) is 15.7. The third kappa shape index (κ3) is 12.1. The molecular weight excluding hydrogens is 658 g/mol. The molecule has 1 aliphatic rings. The molecule has 272 valence electrons. The van der Waals surface area contributed by atoms with Crippen LogP contribution in [-0.4, -0.2) is 132 Å². The van der Waals surface area contributed by atoms with Gasteiger partial charge in [-0.05, 0) is 28.8 Å². The van der Waals surface area contributed by atoms with E-state index >= 15 is 0 Å². The van der Waals surface area contributed by atoms with Gasteiger partial charge < -0.3 is 60.4 Å². The van der Waals surface area contributed by atoms with Crippen LogP contribution in [0.25, 0.3) is 11.1 Å². The average Bonchev–Trinajstić information content (AvgIpc) is 3.08. The number of nitrogens with one attached hydrogen (secondary N) is 3. The largest absolute Gasteiger partial charge is 0.508 e. The lowest BCUT2D eigenvalue weighted by Gasteiger charge is -2.46. The third-order valence-electron chi connectivity index (χ3n) is 7.60. The summed E-state index contributed by atoms with van der Waals surface area (Å²) in [6.07, 6.45) is -2.85. The van der Waals surface area contributed by atoms with Crippen LogP contribution in [0.4, 0.5) is 0 Å². The maximum atomic E-state index is 12.7. The molecule has 16 nitrogen and oxygen atoms in total. The van der Waals surface area contributed by atoms with Crippen LogP contribution in [0.15, 0.2) is 48.5 Å². The minimum Gasteiger partial charge on any atom is -0.508 e. The van der Waals surface area contributed by atoms with E-state index in [0.717, 1.165) is 11.1 Å². The van der Waals surface area contributed by atoms with Crippen LogP contribution < -0.4 is 16.0 Å². The first-order chi connectivity index (χ1) is 23.8. The number of benzene rings is 2. The van der Waals surface area contributed by atoms with Crippen molar-refractivity contribution in [1.82, 2.24) is 16.0 Å². The number of hydrogen-bond donors (Lipinski definition) is 8. The van der Waals surface area contributed by atoms with E-state index in [1.807, 2.05) is 0 Å². The highest BCUT2D eigenvalue weighted by Gasteiger charge is 2.55. The Morgan fingerprint density at radius 1 is 0.960 bits per heavy atom. The maximum absolute atomic E-state index is 12.7. The van der Waals surface area contributed by atoms with Crippen molar-refractivity contribution < 1.29 is 63.7 Å². The fraction of sp³-hybridized carbons (Fsp3) is 0.471. The number of rotatable bonds is 19. The molecule has 50 heavy (non-hydrogen) atoms. The zero-order valence-corrected chi connectivity index (χ0v) is 27.4. The molecule has 1 aliphatic heterocycles. The van der Waals surface area contributed by atoms with Crippen LogP contribution in [0.3, 0.4) is 0 Å². The molecule has 1 fully saturated rings. The summed E-state index contributed by atoms with van der Waals surface area (Å²) in [7, 11) is 0. The van der Waals surface area contributed by atoms with E-state index in [1.54, 1.807) is 48.5 Å². The topological polar surface area (TPSA) is 242 Å². The summed E-state index contributed by atoms with van der Waals surface area (Å²) >= 11 is 0. The molecule has 2 aromatic rings. The number of aliphatic carboxylic acids is 1. The van der Waals surface area contributed by atoms with Gasteiger partial charge in [0.25, 0.3) is 5.79 Å². The van der Waals surface area contributed by atoms with Gasteiger partial charge in [-0.2, -0.15) is 0 Å². The molecule has 0 saturated carbocycles. The van der Waals surface area contributed by atoms with Gasteiger partial charge in [-0.3, -0.25) is 14.4 Å². The van der Waals surface area contributed by atoms with Crippen LogP contribution in [0.5, 0.6) is 5.75 Å². The van der Waals surface area contributed by atoms with Gasteiger partial charge in [0.15, 0.2) is 0 Å². The Morgan fingerprint density at radius 2 is 1.58 bits per heavy atom. The number of aliphatic hydroxyl groups excluding tert-OH is 3. The summed E-state index contributed by atoms with van der Waals surface area (Å²) in [5.74, 6) is -3.57. The highest BCUT2D eigenvalue weighted by atomic mass is 16.7. The van der Waals surface area contributed by atoms with E-state index in [0.29, 0.717) is 5.56 Å². The number of phenolic OH excluding ortho intramolecular Hbond substituents is 1. The fourth-order valence-electron chi connectivity index (χ4n) is 5.05. The van der Waals surface area contributed by atoms with Crippen molar-refractivity contribution in [2.75, 3.05) is 46.1 Å². The van der Waals surface area contributed by atoms with E-state index in [4.69, 9.17) is 25.4 Å². The van der Waals surface area contributed by atoms with Crippen LogP contribution in [0.2, 0.25) is 0 Å². The molecule has 1 saturated heterocycles. The minimum atomic E-state index is -2.53. The summed E-state index contributed by atoms with van der Waals surface area (Å²) in [4.78, 5) is 49.0. The van der Waals surface area contributed by atoms with Crippen LogP contribution in [0.1, 0.15) is 18.9 Å². The first-order valence-corrected chi connectivity index (χ1v) is 15.7. The normalized spacial score (nSPS) is 21.3. The molecule has 2 aromatic carbocycles. The summed E-state index contributed by atoms with van der Waals surface area (Å²) in [6.45, 7) is 0.135. The van der Waals surface area contributed by atoms with Gasteiger partial charge in [-0.25, -0.2) is 4.79 Å². The molecule has 0 unspecified atom stereocenters. The Bertz CT molecular complexity index is 1460. The second kappa shape index (κ2) is 19.6. The summed E-state index contributed by atoms with van der Waals surface area (Å²) in [5, 5.41) is 59.8. The number of amides is 3. The van der Waals surface area contributed by atoms with E-state index < -0.39 is 79.4 Å². The van der Waals surface area contributed by atoms with Gasteiger partial charge in [0.05, 0.1) is 57.6 Å². The standard InChI is InChI=1S/C34H43N3O13/c1-3-12-47-13-14-48-15-16-49-34(33(45)46)18-26(40)30(37-29(43)20-35-21(2)38)32(50-34)31(44)27(41)19-36-28(42)17-22-4-6-23(7-5-22)24-8-10-25(39)11-9-24/h1,4-11,26-27,30-32,39-41,44H,12-20H2,2H3,(H,35,38)(H,36,42)(H,37,43)(H,45,46)/t26-,27+,30+,31+,32+,34+/m0/s1. The van der Waals surface area contributed by atoms with Gasteiger partial charge >= 0.3 is 5.97 Å². The Kier molecular flexibility index (Phi) is 15.6. The van der Waals surface area contributed by atoms with E-state index in [1.165, 1.54) is 6.92 Å². The van der Waals surface area contributed by atoms with Crippen molar-refractivity contribution in [3.63, 3.8) is 0 Å². The smallest absolute Gasteiger partial charge is 0.364 e. The number of hydrogen-bond acceptors (Lipinski definition) is 12. The number of aromatic hydroxyl groups is 1. The van der Waals surface area contributed by atoms with E-state index in [-0.39, 0.29) is 45.2 Å². The predicted molar refractivity (Wildman–Crippen MR) is 175 cm³/mol. The molecule has 1 heterocycles. The van der Waals surface area contributed by atoms with Crippen molar-refractivity contribution in [2.45, 2.75) is 56.0 Å². The number of carboxylic acid groups (broad SMARTS) is 1. The molecule has 6 atom stereocenters. The SMILES string of the molecule is C#CCOCCOCCO[C@]1(C(=O)O)C[C@H](O)[C@@H](NC(=O)CNC(C)=O)[C@H]([C@H](O)[C@H](O)CNC(=O)Cc2ccc(-c3ccc(O)cc3)cc2)O1. The zero-order chi connectivity index (χ0) is 36.7. The van der Waals surface area contributed by atoms with Crippen molar-refractivity contribution in [1.29, 1.82) is 0 Å². The number of carbonyl (C=O) groups excluding carboxylic acids is 3. The van der Waals surface area contributed by atoms with Gasteiger partial charge in [-0.1, -0.05) is 42.3 Å². The number of terminal acetylenes is 1. The summed E-state index contributed by atoms with van der Waals surface area (Å²) < 4.78 is 21.6. The number of phenols is 1. The molecule has 0 aliphatic carbocycles. The molecule has 16 heteroatoms. The van der Waals surface area contributed by atoms with Crippen molar-refractivity contribution in [3.05, 3.63) is 54.1 Å². The molecule has 0 bridgehead atoms. The summed E-state index contributed by atoms with van der Waals surface area (Å²) in [6, 6.07) is 12.2. The lowest BCUT2D eigenvalue weighted by atomic mass is 9.88. The lowest BCUT2D eigenvalue weighted by Crippen LogP contribution is -2.68. The van der Waals surface area contributed by atoms with E-state index in [9.17, 15) is 44.7 Å². The van der Waals surface area contributed by atoms with Crippen molar-refractivity contribution >= 4 is 23.7 Å². The van der Waals surface area contributed by atoms with Gasteiger partial charge in [-0.15, -0.1) is 6.42 Å². The highest BCUT2D eigenvalue weighted by molar-refractivity contribution is 5.84. The van der Waals surface area contributed by atoms with Gasteiger partial charge in [0.1, 0.15) is 24.6 Å². The Balaban J connectivity index is 1.66. The molecule has 3 amide bonds. The fourth-order valence-corrected chi connectivity index (χ4v) is 5.05. The Morgan fingerprint density at radius 3 is 2.20 bits per heavy atom. The number of carboxylic acids is 1. The second-order valence-electron chi connectivity index (χ2n) is 11.4. The number of ether oxygens (including phenoxy) is 4. The number of aliphatic hydroxyl groups is 3. The second-order valence-corrected chi connectivity index (χ2v) is 11.4. The van der Waals surface area contributed by atoms with Gasteiger partial charge in [0.2, 0.25) is 17.7 Å². The maximum Gasteiger partial charge on any atom is 0.364 e. The van der Waals surface area contributed by atoms with Crippen LogP contribution >= 0.6 is 0 Å². The average molecular weight is 702 g/mol. The van der Waals surface area contributed by atoms with Crippen LogP contribution in [-0.2, 0) is 44.5 Å². The van der Waals surface area contributed by atoms with Gasteiger partial charge in [0, 0.05) is 19.9 Å². The molecule has 8 N–H and O–H groups in total. The predicted octanol–water partition coefficient (Wildman–Crippen LogP) is -1.33. The quantitative estimate of drug-likeness (QED) is 0.0627. The zero-order valence-electron chi connectivity index (χ0n) is 27.4. The number of carbonyl (C=O) groups is 4. The molecular formula is C34H43N3O13. The van der Waals surface area contributed by atoms with Crippen molar-refractivity contribution in [2.24, 2.45) is 0 Å². The first kappa shape index (κ1) is 39.8.